The van der Waals surface area contributed by atoms with Crippen molar-refractivity contribution in [1.29, 1.82) is 0 Å². The molecule has 1 atom stereocenters. The molecule has 5 nitrogen and oxygen atoms in total. The zero-order valence-corrected chi connectivity index (χ0v) is 12.1. The van der Waals surface area contributed by atoms with Crippen LogP contribution in [0.3, 0.4) is 0 Å². The van der Waals surface area contributed by atoms with Gasteiger partial charge in [0.1, 0.15) is 17.0 Å². The molecule has 0 spiro atoms. The number of hydrogen-bond donors (Lipinski definition) is 2. The number of carbonyl (C=O) groups is 1. The highest BCUT2D eigenvalue weighted by molar-refractivity contribution is 5.72. The van der Waals surface area contributed by atoms with Crippen LogP contribution in [-0.2, 0) is 15.1 Å². The molecule has 1 unspecified atom stereocenters. The predicted octanol–water partition coefficient (Wildman–Crippen LogP) is 1.22. The number of pyridine rings is 1. The van der Waals surface area contributed by atoms with Gasteiger partial charge in [-0.3, -0.25) is 9.78 Å². The molecular formula is C15H23N2O3+. The molecule has 4 N–H and O–H groups in total. The van der Waals surface area contributed by atoms with Gasteiger partial charge in [-0.05, 0) is 44.7 Å². The van der Waals surface area contributed by atoms with E-state index in [4.69, 9.17) is 4.74 Å². The summed E-state index contributed by atoms with van der Waals surface area (Å²) in [5, 5.41) is 9.98. The second-order valence-electron chi connectivity index (χ2n) is 5.86. The predicted molar refractivity (Wildman–Crippen MR) is 73.6 cm³/mol. The standard InChI is InChI=1S/C15H22N2O3/c1-15(16,13-12(18)4-3-9-17-13)11-7-5-10(6-8-11)14(19)20-2/h3-4,9-11,18H,5-8,16H2,1-2H3/p+1. The smallest absolute Gasteiger partial charge is 0.308 e. The minimum absolute atomic E-state index is 0.00406. The Morgan fingerprint density at radius 2 is 2.10 bits per heavy atom. The van der Waals surface area contributed by atoms with Crippen molar-refractivity contribution in [2.75, 3.05) is 7.11 Å². The lowest BCUT2D eigenvalue weighted by atomic mass is 9.71. The molecule has 1 aliphatic carbocycles. The van der Waals surface area contributed by atoms with Gasteiger partial charge in [-0.15, -0.1) is 0 Å². The molecule has 0 amide bonds. The Kier molecular flexibility index (Phi) is 4.28. The van der Waals surface area contributed by atoms with Crippen molar-refractivity contribution in [1.82, 2.24) is 4.98 Å². The molecule has 110 valence electrons. The SMILES string of the molecule is COC(=O)C1CCC(C(C)([NH3+])c2ncccc2O)CC1. The maximum absolute atomic E-state index is 11.6. The van der Waals surface area contributed by atoms with Crippen LogP contribution in [0.5, 0.6) is 5.75 Å². The minimum Gasteiger partial charge on any atom is -0.506 e. The molecule has 5 heteroatoms. The number of aromatic hydroxyl groups is 1. The van der Waals surface area contributed by atoms with Crippen LogP contribution in [0.25, 0.3) is 0 Å². The highest BCUT2D eigenvalue weighted by atomic mass is 16.5. The van der Waals surface area contributed by atoms with E-state index in [0.717, 1.165) is 25.7 Å². The van der Waals surface area contributed by atoms with Crippen molar-refractivity contribution in [2.24, 2.45) is 11.8 Å². The van der Waals surface area contributed by atoms with Crippen molar-refractivity contribution in [3.05, 3.63) is 24.0 Å². The number of aromatic nitrogens is 1. The molecule has 20 heavy (non-hydrogen) atoms. The average molecular weight is 279 g/mol. The molecule has 0 radical (unpaired) electrons. The number of quaternary nitrogens is 1. The van der Waals surface area contributed by atoms with Gasteiger partial charge in [-0.1, -0.05) is 0 Å². The van der Waals surface area contributed by atoms with Crippen molar-refractivity contribution >= 4 is 5.97 Å². The number of nitrogens with zero attached hydrogens (tertiary/aromatic N) is 1. The fourth-order valence-corrected chi connectivity index (χ4v) is 3.16. The average Bonchev–Trinajstić information content (AvgIpc) is 2.47. The second-order valence-corrected chi connectivity index (χ2v) is 5.86. The summed E-state index contributed by atoms with van der Waals surface area (Å²) < 4.78 is 4.81. The lowest BCUT2D eigenvalue weighted by molar-refractivity contribution is -0.500. The zero-order valence-electron chi connectivity index (χ0n) is 12.1. The Morgan fingerprint density at radius 3 is 2.65 bits per heavy atom. The van der Waals surface area contributed by atoms with E-state index in [1.54, 1.807) is 18.3 Å². The summed E-state index contributed by atoms with van der Waals surface area (Å²) in [7, 11) is 1.44. The lowest BCUT2D eigenvalue weighted by Gasteiger charge is -2.35. The van der Waals surface area contributed by atoms with E-state index >= 15 is 0 Å². The first-order valence-electron chi connectivity index (χ1n) is 7.04. The van der Waals surface area contributed by atoms with Crippen LogP contribution in [0.15, 0.2) is 18.3 Å². The second kappa shape index (κ2) is 5.79. The molecule has 1 aliphatic rings. The number of carbonyl (C=O) groups excluding carboxylic acids is 1. The van der Waals surface area contributed by atoms with Crippen molar-refractivity contribution in [2.45, 2.75) is 38.1 Å². The Balaban J connectivity index is 2.09. The summed E-state index contributed by atoms with van der Waals surface area (Å²) in [6, 6.07) is 3.36. The van der Waals surface area contributed by atoms with E-state index in [1.807, 2.05) is 6.92 Å². The molecule has 0 aliphatic heterocycles. The van der Waals surface area contributed by atoms with Crippen LogP contribution < -0.4 is 5.73 Å². The van der Waals surface area contributed by atoms with Crippen molar-refractivity contribution in [3.8, 4) is 5.75 Å². The van der Waals surface area contributed by atoms with Gasteiger partial charge < -0.3 is 15.6 Å². The van der Waals surface area contributed by atoms with Gasteiger partial charge in [-0.25, -0.2) is 0 Å². The highest BCUT2D eigenvalue weighted by Gasteiger charge is 2.42. The fraction of sp³-hybridized carbons (Fsp3) is 0.600. The summed E-state index contributed by atoms with van der Waals surface area (Å²) in [6.07, 6.45) is 5.11. The first-order chi connectivity index (χ1) is 9.46. The van der Waals surface area contributed by atoms with E-state index in [0.29, 0.717) is 11.6 Å². The quantitative estimate of drug-likeness (QED) is 0.815. The summed E-state index contributed by atoms with van der Waals surface area (Å²) in [5.74, 6) is 0.392. The molecule has 1 aromatic heterocycles. The fourth-order valence-electron chi connectivity index (χ4n) is 3.16. The molecule has 2 rings (SSSR count). The third-order valence-corrected chi connectivity index (χ3v) is 4.49. The Bertz CT molecular complexity index is 480. The van der Waals surface area contributed by atoms with Gasteiger partial charge >= 0.3 is 5.97 Å². The largest absolute Gasteiger partial charge is 0.506 e. The molecule has 1 saturated carbocycles. The number of esters is 1. The van der Waals surface area contributed by atoms with Crippen LogP contribution in [0, 0.1) is 11.8 Å². The normalized spacial score (nSPS) is 25.8. The molecule has 1 heterocycles. The number of methoxy groups -OCH3 is 1. The van der Waals surface area contributed by atoms with Crippen LogP contribution in [-0.4, -0.2) is 23.2 Å². The van der Waals surface area contributed by atoms with Gasteiger partial charge in [0, 0.05) is 12.1 Å². The number of rotatable bonds is 3. The molecule has 1 aromatic rings. The maximum Gasteiger partial charge on any atom is 0.308 e. The first kappa shape index (κ1) is 14.8. The summed E-state index contributed by atoms with van der Waals surface area (Å²) >= 11 is 0. The number of ether oxygens (including phenoxy) is 1. The minimum atomic E-state index is -0.438. The molecule has 1 fully saturated rings. The maximum atomic E-state index is 11.6. The zero-order chi connectivity index (χ0) is 14.8. The van der Waals surface area contributed by atoms with Gasteiger partial charge in [0.05, 0.1) is 13.0 Å². The highest BCUT2D eigenvalue weighted by Crippen LogP contribution is 2.40. The van der Waals surface area contributed by atoms with Crippen LogP contribution in [0.1, 0.15) is 38.3 Å². The van der Waals surface area contributed by atoms with Gasteiger partial charge in [-0.2, -0.15) is 0 Å². The topological polar surface area (TPSA) is 87.1 Å². The molecule has 0 saturated heterocycles. The Labute approximate surface area is 119 Å². The van der Waals surface area contributed by atoms with Crippen LogP contribution in [0.2, 0.25) is 0 Å². The number of hydrogen-bond acceptors (Lipinski definition) is 4. The van der Waals surface area contributed by atoms with E-state index < -0.39 is 5.54 Å². The van der Waals surface area contributed by atoms with Gasteiger partial charge in [0.25, 0.3) is 0 Å². The first-order valence-corrected chi connectivity index (χ1v) is 7.04. The third kappa shape index (κ3) is 2.77. The summed E-state index contributed by atoms with van der Waals surface area (Å²) in [5.41, 5.74) is 4.48. The van der Waals surface area contributed by atoms with E-state index in [9.17, 15) is 9.90 Å². The van der Waals surface area contributed by atoms with E-state index in [-0.39, 0.29) is 17.6 Å². The van der Waals surface area contributed by atoms with Crippen molar-refractivity contribution in [3.63, 3.8) is 0 Å². The summed E-state index contributed by atoms with van der Waals surface area (Å²) in [4.78, 5) is 15.8. The Hall–Kier alpha value is -1.62. The van der Waals surface area contributed by atoms with E-state index in [2.05, 4.69) is 10.7 Å². The molecule has 0 aromatic carbocycles. The Morgan fingerprint density at radius 1 is 1.45 bits per heavy atom. The molecular weight excluding hydrogens is 256 g/mol. The summed E-state index contributed by atoms with van der Waals surface area (Å²) in [6.45, 7) is 2.01. The van der Waals surface area contributed by atoms with Gasteiger partial charge in [0.2, 0.25) is 0 Å². The van der Waals surface area contributed by atoms with Crippen LogP contribution >= 0.6 is 0 Å². The monoisotopic (exact) mass is 279 g/mol. The molecule has 0 bridgehead atoms. The van der Waals surface area contributed by atoms with Gasteiger partial charge in [0.15, 0.2) is 0 Å². The van der Waals surface area contributed by atoms with Crippen molar-refractivity contribution < 1.29 is 20.4 Å². The van der Waals surface area contributed by atoms with Crippen LogP contribution in [0.4, 0.5) is 0 Å². The van der Waals surface area contributed by atoms with E-state index in [1.165, 1.54) is 7.11 Å². The third-order valence-electron chi connectivity index (χ3n) is 4.49. The lowest BCUT2D eigenvalue weighted by Crippen LogP contribution is -2.72.